The van der Waals surface area contributed by atoms with E-state index in [0.717, 1.165) is 16.7 Å². The Morgan fingerprint density at radius 3 is 2.25 bits per heavy atom. The van der Waals surface area contributed by atoms with Crippen molar-refractivity contribution in [2.45, 2.75) is 32.6 Å². The second kappa shape index (κ2) is 7.19. The van der Waals surface area contributed by atoms with Gasteiger partial charge in [-0.3, -0.25) is 9.00 Å². The van der Waals surface area contributed by atoms with E-state index in [4.69, 9.17) is 5.11 Å². The minimum atomic E-state index is -1.35. The van der Waals surface area contributed by atoms with Crippen LogP contribution in [0.4, 0.5) is 0 Å². The highest BCUT2D eigenvalue weighted by molar-refractivity contribution is 7.84. The van der Waals surface area contributed by atoms with Crippen LogP contribution in [0.2, 0.25) is 0 Å². The fourth-order valence-corrected chi connectivity index (χ4v) is 3.26. The maximum Gasteiger partial charge on any atom is 0.327 e. The summed E-state index contributed by atoms with van der Waals surface area (Å²) in [4.78, 5) is 21.9. The number of carbonyl (C=O) groups excluding carboxylic acids is 1. The fourth-order valence-electron chi connectivity index (χ4n) is 2.00. The van der Waals surface area contributed by atoms with Crippen molar-refractivity contribution in [1.29, 1.82) is 0 Å². The molecule has 2 atom stereocenters. The molecule has 0 bridgehead atoms. The predicted molar refractivity (Wildman–Crippen MR) is 77.9 cm³/mol. The number of carbonyl (C=O) groups is 2. The molecule has 0 spiro atoms. The minimum absolute atomic E-state index is 0.0953. The summed E-state index contributed by atoms with van der Waals surface area (Å²) in [5, 5.41) is 11.3. The van der Waals surface area contributed by atoms with E-state index in [1.54, 1.807) is 0 Å². The van der Waals surface area contributed by atoms with Gasteiger partial charge in [-0.05, 0) is 19.4 Å². The van der Waals surface area contributed by atoms with Crippen LogP contribution in [0.15, 0.2) is 18.2 Å². The molecule has 1 unspecified atom stereocenters. The van der Waals surface area contributed by atoms with E-state index >= 15 is 0 Å². The Balaban J connectivity index is 2.70. The van der Waals surface area contributed by atoms with Crippen molar-refractivity contribution < 1.29 is 18.9 Å². The normalized spacial score (nSPS) is 13.6. The Bertz CT molecular complexity index is 522. The van der Waals surface area contributed by atoms with Crippen LogP contribution in [-0.2, 0) is 26.1 Å². The fraction of sp³-hybridized carbons (Fsp3) is 0.429. The summed E-state index contributed by atoms with van der Waals surface area (Å²) in [6.07, 6.45) is 0. The number of benzene rings is 1. The van der Waals surface area contributed by atoms with Gasteiger partial charge < -0.3 is 10.4 Å². The summed E-state index contributed by atoms with van der Waals surface area (Å²) >= 11 is 0. The molecule has 0 aliphatic rings. The standard InChI is InChI=1S/C14H19NO4S/c1-9-4-10(2)6-12(5-9)7-20(19)8-13(14(17)18)15-11(3)16/h4-6,13H,7-8H2,1-3H3,(H,15,16)(H,17,18)/t13-,20?/m0/s1. The van der Waals surface area contributed by atoms with Gasteiger partial charge in [0.15, 0.2) is 0 Å². The Morgan fingerprint density at radius 2 is 1.80 bits per heavy atom. The van der Waals surface area contributed by atoms with Gasteiger partial charge in [0.05, 0.1) is 5.75 Å². The Hall–Kier alpha value is -1.69. The van der Waals surface area contributed by atoms with Crippen LogP contribution in [0.25, 0.3) is 0 Å². The molecule has 6 heteroatoms. The van der Waals surface area contributed by atoms with Gasteiger partial charge >= 0.3 is 5.97 Å². The Labute approximate surface area is 120 Å². The van der Waals surface area contributed by atoms with Crippen molar-refractivity contribution in [2.75, 3.05) is 5.75 Å². The Morgan fingerprint density at radius 1 is 1.25 bits per heavy atom. The lowest BCUT2D eigenvalue weighted by Gasteiger charge is -2.13. The summed E-state index contributed by atoms with van der Waals surface area (Å²) in [6, 6.07) is 4.77. The molecule has 0 aromatic heterocycles. The third-order valence-corrected chi connectivity index (χ3v) is 4.00. The lowest BCUT2D eigenvalue weighted by atomic mass is 10.1. The van der Waals surface area contributed by atoms with Gasteiger partial charge in [0.1, 0.15) is 6.04 Å². The third-order valence-electron chi connectivity index (χ3n) is 2.64. The molecule has 0 saturated carbocycles. The van der Waals surface area contributed by atoms with E-state index in [2.05, 4.69) is 5.32 Å². The number of amides is 1. The molecular weight excluding hydrogens is 278 g/mol. The molecule has 0 aliphatic carbocycles. The zero-order valence-electron chi connectivity index (χ0n) is 11.8. The van der Waals surface area contributed by atoms with E-state index in [1.165, 1.54) is 6.92 Å². The summed E-state index contributed by atoms with van der Waals surface area (Å²) in [7, 11) is -1.35. The van der Waals surface area contributed by atoms with Crippen LogP contribution in [0.1, 0.15) is 23.6 Å². The molecule has 1 aromatic rings. The quantitative estimate of drug-likeness (QED) is 0.825. The molecular formula is C14H19NO4S. The highest BCUT2D eigenvalue weighted by atomic mass is 32.2. The molecule has 0 fully saturated rings. The second-order valence-electron chi connectivity index (χ2n) is 4.84. The average molecular weight is 297 g/mol. The summed E-state index contributed by atoms with van der Waals surface area (Å²) in [6.45, 7) is 5.15. The first-order valence-corrected chi connectivity index (χ1v) is 7.69. The van der Waals surface area contributed by atoms with Crippen molar-refractivity contribution in [3.63, 3.8) is 0 Å². The molecule has 5 nitrogen and oxygen atoms in total. The molecule has 1 aromatic carbocycles. The van der Waals surface area contributed by atoms with Crippen molar-refractivity contribution in [1.82, 2.24) is 5.32 Å². The monoisotopic (exact) mass is 297 g/mol. The maximum atomic E-state index is 12.0. The molecule has 0 saturated heterocycles. The lowest BCUT2D eigenvalue weighted by Crippen LogP contribution is -2.43. The zero-order chi connectivity index (χ0) is 15.3. The highest BCUT2D eigenvalue weighted by Crippen LogP contribution is 2.11. The van der Waals surface area contributed by atoms with Crippen LogP contribution in [0.5, 0.6) is 0 Å². The maximum absolute atomic E-state index is 12.0. The number of hydrogen-bond acceptors (Lipinski definition) is 3. The lowest BCUT2D eigenvalue weighted by molar-refractivity contribution is -0.140. The summed E-state index contributed by atoms with van der Waals surface area (Å²) < 4.78 is 12.0. The first-order valence-electron chi connectivity index (χ1n) is 6.20. The van der Waals surface area contributed by atoms with E-state index < -0.39 is 28.7 Å². The largest absolute Gasteiger partial charge is 0.480 e. The van der Waals surface area contributed by atoms with Gasteiger partial charge in [0.25, 0.3) is 0 Å². The van der Waals surface area contributed by atoms with Gasteiger partial charge in [-0.15, -0.1) is 0 Å². The highest BCUT2D eigenvalue weighted by Gasteiger charge is 2.21. The van der Waals surface area contributed by atoms with Crippen molar-refractivity contribution >= 4 is 22.7 Å². The molecule has 0 heterocycles. The smallest absolute Gasteiger partial charge is 0.327 e. The van der Waals surface area contributed by atoms with Crippen LogP contribution in [0, 0.1) is 13.8 Å². The molecule has 0 aliphatic heterocycles. The average Bonchev–Trinajstić information content (AvgIpc) is 2.25. The van der Waals surface area contributed by atoms with Crippen LogP contribution >= 0.6 is 0 Å². The van der Waals surface area contributed by atoms with Gasteiger partial charge in [0, 0.05) is 23.5 Å². The van der Waals surface area contributed by atoms with Crippen molar-refractivity contribution in [3.8, 4) is 0 Å². The topological polar surface area (TPSA) is 83.5 Å². The molecule has 1 amide bonds. The van der Waals surface area contributed by atoms with E-state index in [0.29, 0.717) is 0 Å². The molecule has 110 valence electrons. The number of carboxylic acids is 1. The first kappa shape index (κ1) is 16.4. The number of carboxylic acid groups (broad SMARTS) is 1. The number of rotatable bonds is 6. The number of hydrogen-bond donors (Lipinski definition) is 2. The summed E-state index contributed by atoms with van der Waals surface area (Å²) in [5.74, 6) is -1.43. The van der Waals surface area contributed by atoms with Crippen LogP contribution < -0.4 is 5.32 Å². The van der Waals surface area contributed by atoms with Gasteiger partial charge in [-0.25, -0.2) is 4.79 Å². The molecule has 1 rings (SSSR count). The predicted octanol–water partition coefficient (Wildman–Crippen LogP) is 1.14. The molecule has 0 radical (unpaired) electrons. The SMILES string of the molecule is CC(=O)N[C@@H](CS(=O)Cc1cc(C)cc(C)c1)C(=O)O. The third kappa shape index (κ3) is 5.52. The minimum Gasteiger partial charge on any atom is -0.480 e. The van der Waals surface area contributed by atoms with Crippen molar-refractivity contribution in [2.24, 2.45) is 0 Å². The zero-order valence-corrected chi connectivity index (χ0v) is 12.6. The van der Waals surface area contributed by atoms with Gasteiger partial charge in [0.2, 0.25) is 5.91 Å². The Kier molecular flexibility index (Phi) is 5.88. The van der Waals surface area contributed by atoms with Gasteiger partial charge in [-0.2, -0.15) is 0 Å². The van der Waals surface area contributed by atoms with E-state index in [-0.39, 0.29) is 11.5 Å². The van der Waals surface area contributed by atoms with Crippen molar-refractivity contribution in [3.05, 3.63) is 34.9 Å². The first-order chi connectivity index (χ1) is 9.27. The van der Waals surface area contributed by atoms with Crippen LogP contribution in [-0.4, -0.2) is 33.0 Å². The van der Waals surface area contributed by atoms with Crippen LogP contribution in [0.3, 0.4) is 0 Å². The van der Waals surface area contributed by atoms with Gasteiger partial charge in [-0.1, -0.05) is 29.3 Å². The number of aliphatic carboxylic acids is 1. The van der Waals surface area contributed by atoms with E-state index in [1.807, 2.05) is 32.0 Å². The summed E-state index contributed by atoms with van der Waals surface area (Å²) in [5.41, 5.74) is 3.06. The second-order valence-corrected chi connectivity index (χ2v) is 6.34. The molecule has 20 heavy (non-hydrogen) atoms. The van der Waals surface area contributed by atoms with E-state index in [9.17, 15) is 13.8 Å². The number of nitrogens with one attached hydrogen (secondary N) is 1. The molecule has 2 N–H and O–H groups in total. The number of aryl methyl sites for hydroxylation is 2.